The molecule has 0 heterocycles. The quantitative estimate of drug-likeness (QED) is 0.268. The molecule has 27 heavy (non-hydrogen) atoms. The summed E-state index contributed by atoms with van der Waals surface area (Å²) in [6, 6.07) is 18.7. The third-order valence-electron chi connectivity index (χ3n) is 4.40. The number of amides is 1. The van der Waals surface area contributed by atoms with Gasteiger partial charge in [-0.1, -0.05) is 78.0 Å². The average molecular weight is 362 g/mol. The highest BCUT2D eigenvalue weighted by Gasteiger charge is 2.29. The molecule has 1 aliphatic carbocycles. The first-order valence-corrected chi connectivity index (χ1v) is 9.05. The number of carbonyl (C=O) groups is 2. The van der Waals surface area contributed by atoms with Gasteiger partial charge in [0.25, 0.3) is 0 Å². The summed E-state index contributed by atoms with van der Waals surface area (Å²) in [4.78, 5) is 31.4. The molecule has 138 valence electrons. The van der Waals surface area contributed by atoms with Crippen LogP contribution in [0.15, 0.2) is 78.0 Å². The number of rotatable bonds is 5. The zero-order valence-electron chi connectivity index (χ0n) is 15.0. The smallest absolute Gasteiger partial charge is 0.322 e. The van der Waals surface area contributed by atoms with E-state index in [1.165, 1.54) is 6.21 Å². The van der Waals surface area contributed by atoms with E-state index in [0.717, 1.165) is 30.4 Å². The van der Waals surface area contributed by atoms with E-state index in [0.29, 0.717) is 6.54 Å². The maximum absolute atomic E-state index is 12.7. The Bertz CT molecular complexity index is 816. The molecule has 0 spiro atoms. The van der Waals surface area contributed by atoms with Crippen LogP contribution in [0, 0.1) is 0 Å². The van der Waals surface area contributed by atoms with E-state index in [1.54, 1.807) is 4.90 Å². The van der Waals surface area contributed by atoms with E-state index in [1.807, 2.05) is 66.7 Å². The lowest BCUT2D eigenvalue weighted by atomic mass is 10.0. The molecule has 0 aliphatic heterocycles. The Morgan fingerprint density at radius 1 is 1.07 bits per heavy atom. The van der Waals surface area contributed by atoms with Gasteiger partial charge in [-0.2, -0.15) is 0 Å². The van der Waals surface area contributed by atoms with Crippen LogP contribution in [0.1, 0.15) is 30.4 Å². The third-order valence-corrected chi connectivity index (χ3v) is 4.40. The summed E-state index contributed by atoms with van der Waals surface area (Å²) in [6.07, 6.45) is 8.27. The molecule has 2 aromatic carbocycles. The van der Waals surface area contributed by atoms with Crippen molar-refractivity contribution in [2.24, 2.45) is 5.16 Å². The molecular formula is C22H22N2O3. The first-order chi connectivity index (χ1) is 13.2. The van der Waals surface area contributed by atoms with Gasteiger partial charge in [0, 0.05) is 6.54 Å². The monoisotopic (exact) mass is 362 g/mol. The second-order valence-corrected chi connectivity index (χ2v) is 6.37. The molecule has 0 fully saturated rings. The van der Waals surface area contributed by atoms with Gasteiger partial charge in [0.05, 0.1) is 12.3 Å². The van der Waals surface area contributed by atoms with Crippen LogP contribution >= 0.6 is 0 Å². The second-order valence-electron chi connectivity index (χ2n) is 6.37. The Hall–Kier alpha value is -3.21. The summed E-state index contributed by atoms with van der Waals surface area (Å²) in [6.45, 7) is 0.353. The fourth-order valence-corrected chi connectivity index (χ4v) is 3.00. The number of hydrogen-bond donors (Lipinski definition) is 0. The van der Waals surface area contributed by atoms with Crippen molar-refractivity contribution >= 4 is 18.1 Å². The summed E-state index contributed by atoms with van der Waals surface area (Å²) < 4.78 is 0. The molecular weight excluding hydrogens is 340 g/mol. The van der Waals surface area contributed by atoms with Crippen LogP contribution in [0.5, 0.6) is 0 Å². The SMILES string of the molecule is O=C(O/N=C/c1ccccc1)C(=O)N(Cc1ccccc1)C1C=CCCC1. The zero-order valence-corrected chi connectivity index (χ0v) is 15.0. The molecule has 1 unspecified atom stereocenters. The molecule has 5 heteroatoms. The molecule has 0 radical (unpaired) electrons. The van der Waals surface area contributed by atoms with Gasteiger partial charge in [0.1, 0.15) is 0 Å². The molecule has 0 saturated carbocycles. The van der Waals surface area contributed by atoms with E-state index in [-0.39, 0.29) is 6.04 Å². The number of allylic oxidation sites excluding steroid dienone is 1. The topological polar surface area (TPSA) is 59.0 Å². The Labute approximate surface area is 158 Å². The van der Waals surface area contributed by atoms with Crippen molar-refractivity contribution in [1.82, 2.24) is 4.90 Å². The molecule has 0 bridgehead atoms. The van der Waals surface area contributed by atoms with E-state index >= 15 is 0 Å². The zero-order chi connectivity index (χ0) is 18.9. The van der Waals surface area contributed by atoms with E-state index < -0.39 is 11.9 Å². The fraction of sp³-hybridized carbons (Fsp3) is 0.227. The molecule has 0 saturated heterocycles. The van der Waals surface area contributed by atoms with Crippen molar-refractivity contribution in [3.63, 3.8) is 0 Å². The van der Waals surface area contributed by atoms with Gasteiger partial charge in [-0.3, -0.25) is 4.79 Å². The van der Waals surface area contributed by atoms with E-state index in [2.05, 4.69) is 11.2 Å². The van der Waals surface area contributed by atoms with Gasteiger partial charge in [0.15, 0.2) is 0 Å². The Morgan fingerprint density at radius 2 is 1.78 bits per heavy atom. The molecule has 0 N–H and O–H groups in total. The third kappa shape index (κ3) is 5.38. The van der Waals surface area contributed by atoms with E-state index in [9.17, 15) is 9.59 Å². The highest BCUT2D eigenvalue weighted by Crippen LogP contribution is 2.19. The maximum Gasteiger partial charge on any atom is 0.422 e. The lowest BCUT2D eigenvalue weighted by Gasteiger charge is -2.30. The van der Waals surface area contributed by atoms with Crippen molar-refractivity contribution in [2.45, 2.75) is 31.8 Å². The van der Waals surface area contributed by atoms with Gasteiger partial charge in [-0.05, 0) is 30.4 Å². The summed E-state index contributed by atoms with van der Waals surface area (Å²) in [5, 5.41) is 3.66. The minimum Gasteiger partial charge on any atom is -0.322 e. The van der Waals surface area contributed by atoms with Gasteiger partial charge in [-0.25, -0.2) is 4.79 Å². The van der Waals surface area contributed by atoms with Crippen molar-refractivity contribution in [1.29, 1.82) is 0 Å². The standard InChI is InChI=1S/C22H22N2O3/c25-21(22(26)27-23-16-18-10-4-1-5-11-18)24(20-14-8-3-9-15-20)17-19-12-6-2-7-13-19/h1-2,4-8,10-14,16,20H,3,9,15,17H2/b23-16+. The molecule has 3 rings (SSSR count). The Kier molecular flexibility index (Phi) is 6.52. The summed E-state index contributed by atoms with van der Waals surface area (Å²) in [7, 11) is 0. The number of benzene rings is 2. The molecule has 1 atom stereocenters. The predicted molar refractivity (Wildman–Crippen MR) is 104 cm³/mol. The van der Waals surface area contributed by atoms with Gasteiger partial charge in [0.2, 0.25) is 0 Å². The van der Waals surface area contributed by atoms with Gasteiger partial charge >= 0.3 is 11.9 Å². The van der Waals surface area contributed by atoms with Crippen molar-refractivity contribution in [3.05, 3.63) is 83.9 Å². The number of hydrogen-bond acceptors (Lipinski definition) is 4. The highest BCUT2D eigenvalue weighted by atomic mass is 16.7. The minimum absolute atomic E-state index is 0.114. The van der Waals surface area contributed by atoms with E-state index in [4.69, 9.17) is 4.84 Å². The Morgan fingerprint density at radius 3 is 2.44 bits per heavy atom. The fourth-order valence-electron chi connectivity index (χ4n) is 3.00. The maximum atomic E-state index is 12.7. The van der Waals surface area contributed by atoms with Crippen LogP contribution in [-0.4, -0.2) is 29.0 Å². The molecule has 1 amide bonds. The van der Waals surface area contributed by atoms with Crippen molar-refractivity contribution in [3.8, 4) is 0 Å². The molecule has 2 aromatic rings. The molecule has 1 aliphatic rings. The largest absolute Gasteiger partial charge is 0.422 e. The Balaban J connectivity index is 1.69. The minimum atomic E-state index is -0.975. The lowest BCUT2D eigenvalue weighted by Crippen LogP contribution is -2.43. The van der Waals surface area contributed by atoms with Crippen LogP contribution in [0.4, 0.5) is 0 Å². The van der Waals surface area contributed by atoms with Crippen molar-refractivity contribution < 1.29 is 14.4 Å². The first-order valence-electron chi connectivity index (χ1n) is 9.05. The van der Waals surface area contributed by atoms with Crippen LogP contribution in [0.25, 0.3) is 0 Å². The molecule has 0 aromatic heterocycles. The predicted octanol–water partition coefficient (Wildman–Crippen LogP) is 3.70. The lowest BCUT2D eigenvalue weighted by molar-refractivity contribution is -0.161. The summed E-state index contributed by atoms with van der Waals surface area (Å²) in [5.41, 5.74) is 1.75. The second kappa shape index (κ2) is 9.48. The van der Waals surface area contributed by atoms with Gasteiger partial charge in [-0.15, -0.1) is 0 Å². The number of oxime groups is 1. The highest BCUT2D eigenvalue weighted by molar-refractivity contribution is 6.32. The average Bonchev–Trinajstić information content (AvgIpc) is 2.73. The molecule has 5 nitrogen and oxygen atoms in total. The van der Waals surface area contributed by atoms with Crippen LogP contribution < -0.4 is 0 Å². The van der Waals surface area contributed by atoms with Crippen LogP contribution in [0.2, 0.25) is 0 Å². The normalized spacial score (nSPS) is 16.2. The van der Waals surface area contributed by atoms with Gasteiger partial charge < -0.3 is 9.74 Å². The number of carbonyl (C=O) groups excluding carboxylic acids is 2. The van der Waals surface area contributed by atoms with Crippen molar-refractivity contribution in [2.75, 3.05) is 0 Å². The first kappa shape index (κ1) is 18.6. The summed E-state index contributed by atoms with van der Waals surface area (Å²) >= 11 is 0. The number of nitrogens with zero attached hydrogens (tertiary/aromatic N) is 2. The van der Waals surface area contributed by atoms with Crippen LogP contribution in [0.3, 0.4) is 0 Å². The van der Waals surface area contributed by atoms with Crippen LogP contribution in [-0.2, 0) is 21.0 Å². The summed E-state index contributed by atoms with van der Waals surface area (Å²) in [5.74, 6) is -1.65.